The van der Waals surface area contributed by atoms with E-state index in [4.69, 9.17) is 9.47 Å². The van der Waals surface area contributed by atoms with Crippen molar-refractivity contribution >= 4 is 46.9 Å². The van der Waals surface area contributed by atoms with E-state index in [1.54, 1.807) is 66.7 Å². The van der Waals surface area contributed by atoms with Gasteiger partial charge in [-0.05, 0) is 67.4 Å². The van der Waals surface area contributed by atoms with Crippen LogP contribution in [0, 0.1) is 13.8 Å². The normalized spacial score (nSPS) is 10.9. The molecule has 43 heavy (non-hydrogen) atoms. The molecule has 0 aliphatic rings. The second-order valence-corrected chi connectivity index (χ2v) is 10.6. The number of hydrogen-bond donors (Lipinski definition) is 3. The van der Waals surface area contributed by atoms with E-state index in [9.17, 15) is 14.4 Å². The maximum absolute atomic E-state index is 13.5. The number of hydrogen-bond acceptors (Lipinski definition) is 6. The molecule has 4 aromatic rings. The molecule has 3 amide bonds. The minimum atomic E-state index is -0.538. The number of nitrogens with one attached hydrogen (secondary N) is 3. The molecule has 0 atom stereocenters. The molecule has 0 aliphatic carbocycles. The molecular weight excluding hydrogens is 562 g/mol. The fraction of sp³-hybridized carbons (Fsp3) is 0.147. The van der Waals surface area contributed by atoms with Gasteiger partial charge >= 0.3 is 0 Å². The second kappa shape index (κ2) is 14.7. The number of benzene rings is 4. The molecule has 0 aliphatic heterocycles. The molecule has 0 aromatic heterocycles. The second-order valence-electron chi connectivity index (χ2n) is 9.55. The Morgan fingerprint density at radius 2 is 1.49 bits per heavy atom. The zero-order valence-corrected chi connectivity index (χ0v) is 25.2. The van der Waals surface area contributed by atoms with Crippen molar-refractivity contribution in [2.45, 2.75) is 18.7 Å². The number of aryl methyl sites for hydroxylation is 2. The first-order valence-corrected chi connectivity index (χ1v) is 14.5. The van der Waals surface area contributed by atoms with Crippen molar-refractivity contribution in [3.8, 4) is 11.5 Å². The van der Waals surface area contributed by atoms with Crippen LogP contribution >= 0.6 is 11.8 Å². The standard InChI is InChI=1S/C34H33N3O5S/c1-22-11-8-12-23(2)31(22)37-30(38)21-43-27-17-10-16-26(20-27)35-34(40)28(36-33(39)24-13-6-5-7-14-24)19-25-15-9-18-29(41-3)32(25)42-4/h5-20H,21H2,1-4H3,(H,35,40)(H,36,39)(H,37,38)/b28-19+. The van der Waals surface area contributed by atoms with Gasteiger partial charge in [0.2, 0.25) is 5.91 Å². The molecule has 0 saturated heterocycles. The number of thioether (sulfide) groups is 1. The number of methoxy groups -OCH3 is 2. The van der Waals surface area contributed by atoms with E-state index in [0.29, 0.717) is 28.3 Å². The molecular formula is C34H33N3O5S. The molecule has 8 nitrogen and oxygen atoms in total. The highest BCUT2D eigenvalue weighted by Crippen LogP contribution is 2.32. The van der Waals surface area contributed by atoms with Crippen molar-refractivity contribution in [1.82, 2.24) is 5.32 Å². The highest BCUT2D eigenvalue weighted by molar-refractivity contribution is 8.00. The molecule has 4 rings (SSSR count). The molecule has 0 heterocycles. The van der Waals surface area contributed by atoms with Gasteiger partial charge in [-0.1, -0.05) is 54.6 Å². The van der Waals surface area contributed by atoms with Gasteiger partial charge in [-0.2, -0.15) is 0 Å². The summed E-state index contributed by atoms with van der Waals surface area (Å²) < 4.78 is 10.9. The van der Waals surface area contributed by atoms with Crippen LogP contribution < -0.4 is 25.4 Å². The van der Waals surface area contributed by atoms with Crippen molar-refractivity contribution in [1.29, 1.82) is 0 Å². The van der Waals surface area contributed by atoms with E-state index in [1.165, 1.54) is 32.1 Å². The molecule has 4 aromatic carbocycles. The molecule has 0 bridgehead atoms. The van der Waals surface area contributed by atoms with Gasteiger partial charge in [0, 0.05) is 27.4 Å². The lowest BCUT2D eigenvalue weighted by Gasteiger charge is -2.14. The van der Waals surface area contributed by atoms with Crippen molar-refractivity contribution in [3.05, 3.63) is 119 Å². The molecule has 0 spiro atoms. The highest BCUT2D eigenvalue weighted by atomic mass is 32.2. The molecule has 0 fully saturated rings. The highest BCUT2D eigenvalue weighted by Gasteiger charge is 2.18. The zero-order chi connectivity index (χ0) is 30.8. The van der Waals surface area contributed by atoms with Crippen LogP contribution in [0.4, 0.5) is 11.4 Å². The third-order valence-electron chi connectivity index (χ3n) is 6.47. The summed E-state index contributed by atoms with van der Waals surface area (Å²) in [5.41, 5.74) is 4.26. The number of rotatable bonds is 11. The topological polar surface area (TPSA) is 106 Å². The lowest BCUT2D eigenvalue weighted by molar-refractivity contribution is -0.114. The lowest BCUT2D eigenvalue weighted by atomic mass is 10.1. The van der Waals surface area contributed by atoms with Crippen molar-refractivity contribution < 1.29 is 23.9 Å². The molecule has 9 heteroatoms. The first-order chi connectivity index (χ1) is 20.8. The van der Waals surface area contributed by atoms with Crippen LogP contribution in [-0.4, -0.2) is 37.7 Å². The zero-order valence-electron chi connectivity index (χ0n) is 24.4. The fourth-order valence-electron chi connectivity index (χ4n) is 4.32. The van der Waals surface area contributed by atoms with E-state index < -0.39 is 11.8 Å². The number of amides is 3. The lowest BCUT2D eigenvalue weighted by Crippen LogP contribution is -2.30. The van der Waals surface area contributed by atoms with Gasteiger partial charge in [-0.15, -0.1) is 11.8 Å². The Bertz CT molecular complexity index is 1630. The molecule has 0 saturated carbocycles. The van der Waals surface area contributed by atoms with Crippen LogP contribution in [0.3, 0.4) is 0 Å². The van der Waals surface area contributed by atoms with Crippen LogP contribution in [-0.2, 0) is 9.59 Å². The molecule has 220 valence electrons. The maximum Gasteiger partial charge on any atom is 0.272 e. The Morgan fingerprint density at radius 1 is 0.791 bits per heavy atom. The summed E-state index contributed by atoms with van der Waals surface area (Å²) in [5.74, 6) is -0.0114. The molecule has 3 N–H and O–H groups in total. The quantitative estimate of drug-likeness (QED) is 0.136. The summed E-state index contributed by atoms with van der Waals surface area (Å²) in [5, 5.41) is 8.58. The number of anilines is 2. The van der Waals surface area contributed by atoms with E-state index in [0.717, 1.165) is 21.7 Å². The smallest absolute Gasteiger partial charge is 0.272 e. The average molecular weight is 596 g/mol. The van der Waals surface area contributed by atoms with Gasteiger partial charge in [0.25, 0.3) is 11.8 Å². The monoisotopic (exact) mass is 595 g/mol. The third-order valence-corrected chi connectivity index (χ3v) is 7.46. The van der Waals surface area contributed by atoms with E-state index in [2.05, 4.69) is 16.0 Å². The largest absolute Gasteiger partial charge is 0.493 e. The van der Waals surface area contributed by atoms with Crippen molar-refractivity contribution in [2.24, 2.45) is 0 Å². The summed E-state index contributed by atoms with van der Waals surface area (Å²) in [7, 11) is 3.03. The first kappa shape index (κ1) is 30.9. The predicted octanol–water partition coefficient (Wildman–Crippen LogP) is 6.46. The van der Waals surface area contributed by atoms with Crippen molar-refractivity contribution in [3.63, 3.8) is 0 Å². The summed E-state index contributed by atoms with van der Waals surface area (Å²) in [6.07, 6.45) is 1.54. The van der Waals surface area contributed by atoms with Crippen LogP contribution in [0.2, 0.25) is 0 Å². The van der Waals surface area contributed by atoms with E-state index >= 15 is 0 Å². The third kappa shape index (κ3) is 8.27. The Labute approximate surface area is 255 Å². The average Bonchev–Trinajstić information content (AvgIpc) is 3.02. The van der Waals surface area contributed by atoms with Gasteiger partial charge in [-0.3, -0.25) is 14.4 Å². The predicted molar refractivity (Wildman–Crippen MR) is 172 cm³/mol. The van der Waals surface area contributed by atoms with Crippen LogP contribution in [0.25, 0.3) is 6.08 Å². The summed E-state index contributed by atoms with van der Waals surface area (Å²) in [6, 6.07) is 26.9. The van der Waals surface area contributed by atoms with E-state index in [-0.39, 0.29) is 17.4 Å². The Balaban J connectivity index is 1.52. The van der Waals surface area contributed by atoms with Crippen LogP contribution in [0.5, 0.6) is 11.5 Å². The Kier molecular flexibility index (Phi) is 10.6. The van der Waals surface area contributed by atoms with Crippen LogP contribution in [0.1, 0.15) is 27.0 Å². The SMILES string of the molecule is COc1cccc(/C=C(/NC(=O)c2ccccc2)C(=O)Nc2cccc(SCC(=O)Nc3c(C)cccc3C)c2)c1OC. The Morgan fingerprint density at radius 3 is 2.19 bits per heavy atom. The van der Waals surface area contributed by atoms with Gasteiger partial charge in [0.1, 0.15) is 5.70 Å². The molecule has 0 unspecified atom stereocenters. The minimum absolute atomic E-state index is 0.00596. The summed E-state index contributed by atoms with van der Waals surface area (Å²) in [4.78, 5) is 40.0. The number of carbonyl (C=O) groups is 3. The number of para-hydroxylation sites is 2. The number of ether oxygens (including phenoxy) is 2. The number of carbonyl (C=O) groups excluding carboxylic acids is 3. The van der Waals surface area contributed by atoms with Gasteiger partial charge < -0.3 is 25.4 Å². The first-order valence-electron chi connectivity index (χ1n) is 13.5. The fourth-order valence-corrected chi connectivity index (χ4v) is 5.08. The van der Waals surface area contributed by atoms with Gasteiger partial charge in [0.15, 0.2) is 11.5 Å². The summed E-state index contributed by atoms with van der Waals surface area (Å²) >= 11 is 1.35. The Hall–Kier alpha value is -5.02. The van der Waals surface area contributed by atoms with E-state index in [1.807, 2.05) is 38.1 Å². The van der Waals surface area contributed by atoms with Gasteiger partial charge in [0.05, 0.1) is 20.0 Å². The maximum atomic E-state index is 13.5. The molecule has 0 radical (unpaired) electrons. The summed E-state index contributed by atoms with van der Waals surface area (Å²) in [6.45, 7) is 3.91. The minimum Gasteiger partial charge on any atom is -0.493 e. The van der Waals surface area contributed by atoms with Crippen molar-refractivity contribution in [2.75, 3.05) is 30.6 Å². The van der Waals surface area contributed by atoms with Crippen LogP contribution in [0.15, 0.2) is 102 Å². The van der Waals surface area contributed by atoms with Gasteiger partial charge in [-0.25, -0.2) is 0 Å².